The molecule has 0 saturated carbocycles. The first-order chi connectivity index (χ1) is 12.1. The Morgan fingerprint density at radius 1 is 0.880 bits per heavy atom. The van der Waals surface area contributed by atoms with Crippen molar-refractivity contribution in [3.63, 3.8) is 0 Å². The van der Waals surface area contributed by atoms with Gasteiger partial charge in [0.25, 0.3) is 0 Å². The van der Waals surface area contributed by atoms with Gasteiger partial charge < -0.3 is 0 Å². The second kappa shape index (κ2) is 19.4. The first-order valence-electron chi connectivity index (χ1n) is 7.51. The summed E-state index contributed by atoms with van der Waals surface area (Å²) >= 11 is -0.646. The van der Waals surface area contributed by atoms with Crippen molar-refractivity contribution in [2.75, 3.05) is 47.4 Å². The van der Waals surface area contributed by atoms with Crippen LogP contribution >= 0.6 is 43.2 Å². The number of ether oxygens (including phenoxy) is 4. The SMILES string of the molecule is CCSSCCOC(=O)OC[I-]C(N)COC(=O)OCCSSCC. The Labute approximate surface area is 175 Å². The van der Waals surface area contributed by atoms with Crippen LogP contribution in [0.4, 0.5) is 9.59 Å². The normalized spacial score (nSPS) is 11.8. The minimum absolute atomic E-state index is 0.0618. The molecule has 0 bridgehead atoms. The van der Waals surface area contributed by atoms with Crippen LogP contribution in [-0.2, 0) is 18.9 Å². The standard InChI is InChI=1S/C13H25INO6S4/c1-3-22-24-7-5-18-12(16)20-9-11(15)14-10-21-13(17)19-6-8-25-23-4-2/h11H,3-10,15H2,1-2H3/q-1. The molecule has 7 nitrogen and oxygen atoms in total. The molecule has 0 heterocycles. The van der Waals surface area contributed by atoms with Crippen LogP contribution in [0.5, 0.6) is 0 Å². The summed E-state index contributed by atoms with van der Waals surface area (Å²) < 4.78 is 19.6. The second-order valence-corrected chi connectivity index (χ2v) is 12.7. The van der Waals surface area contributed by atoms with Crippen LogP contribution in [0, 0.1) is 0 Å². The predicted molar refractivity (Wildman–Crippen MR) is 104 cm³/mol. The molecule has 12 heteroatoms. The third-order valence-corrected chi connectivity index (χ3v) is 9.02. The maximum atomic E-state index is 11.3. The summed E-state index contributed by atoms with van der Waals surface area (Å²) in [7, 11) is 6.72. The zero-order valence-corrected chi connectivity index (χ0v) is 19.7. The van der Waals surface area contributed by atoms with Gasteiger partial charge in [0, 0.05) is 0 Å². The fourth-order valence-electron chi connectivity index (χ4n) is 1.04. The zero-order valence-electron chi connectivity index (χ0n) is 14.3. The fourth-order valence-corrected chi connectivity index (χ4v) is 5.35. The quantitative estimate of drug-likeness (QED) is 0.0774. The van der Waals surface area contributed by atoms with Crippen molar-refractivity contribution in [3.05, 3.63) is 0 Å². The number of carbonyl (C=O) groups is 2. The Bertz CT molecular complexity index is 356. The Balaban J connectivity index is 3.49. The molecule has 0 fully saturated rings. The van der Waals surface area contributed by atoms with Crippen LogP contribution in [0.1, 0.15) is 13.8 Å². The van der Waals surface area contributed by atoms with Gasteiger partial charge in [-0.1, -0.05) is 0 Å². The molecular weight excluding hydrogens is 521 g/mol. The summed E-state index contributed by atoms with van der Waals surface area (Å²) in [5, 5.41) is 0. The molecule has 0 aromatic heterocycles. The van der Waals surface area contributed by atoms with E-state index in [0.717, 1.165) is 23.0 Å². The average Bonchev–Trinajstić information content (AvgIpc) is 2.59. The Kier molecular flexibility index (Phi) is 19.9. The van der Waals surface area contributed by atoms with E-state index in [9.17, 15) is 9.59 Å². The van der Waals surface area contributed by atoms with Crippen molar-refractivity contribution in [2.24, 2.45) is 5.73 Å². The number of hydrogen-bond donors (Lipinski definition) is 1. The van der Waals surface area contributed by atoms with E-state index in [-0.39, 0.29) is 15.3 Å². The van der Waals surface area contributed by atoms with Crippen molar-refractivity contribution < 1.29 is 49.7 Å². The predicted octanol–water partition coefficient (Wildman–Crippen LogP) is 0.427. The Morgan fingerprint density at radius 3 is 1.92 bits per heavy atom. The van der Waals surface area contributed by atoms with Gasteiger partial charge in [0.2, 0.25) is 0 Å². The molecule has 1 atom stereocenters. The second-order valence-electron chi connectivity index (χ2n) is 3.89. The van der Waals surface area contributed by atoms with E-state index >= 15 is 0 Å². The third-order valence-electron chi connectivity index (χ3n) is 1.97. The molecule has 0 amide bonds. The first-order valence-corrected chi connectivity index (χ1v) is 15.3. The van der Waals surface area contributed by atoms with Gasteiger partial charge in [0.15, 0.2) is 0 Å². The van der Waals surface area contributed by atoms with Gasteiger partial charge in [0.1, 0.15) is 0 Å². The third kappa shape index (κ3) is 19.2. The van der Waals surface area contributed by atoms with E-state index in [1.165, 1.54) is 0 Å². The molecule has 0 aromatic carbocycles. The number of alkyl halides is 2. The van der Waals surface area contributed by atoms with Gasteiger partial charge in [-0.3, -0.25) is 0 Å². The fraction of sp³-hybridized carbons (Fsp3) is 0.846. The van der Waals surface area contributed by atoms with Crippen LogP contribution < -0.4 is 26.9 Å². The summed E-state index contributed by atoms with van der Waals surface area (Å²) in [6.07, 6.45) is -1.40. The molecule has 0 rings (SSSR count). The molecular formula is C13H25INO6S4-. The molecule has 25 heavy (non-hydrogen) atoms. The van der Waals surface area contributed by atoms with E-state index < -0.39 is 33.5 Å². The van der Waals surface area contributed by atoms with Crippen molar-refractivity contribution in [1.29, 1.82) is 0 Å². The van der Waals surface area contributed by atoms with Gasteiger partial charge in [0.05, 0.1) is 0 Å². The monoisotopic (exact) mass is 546 g/mol. The first kappa shape index (κ1) is 25.6. The Hall–Kier alpha value is 0.630. The molecule has 0 aromatic rings. The number of carbonyl (C=O) groups excluding carboxylic acids is 2. The topological polar surface area (TPSA) is 97.1 Å². The Morgan fingerprint density at radius 2 is 1.40 bits per heavy atom. The van der Waals surface area contributed by atoms with E-state index in [1.807, 2.05) is 0 Å². The van der Waals surface area contributed by atoms with Gasteiger partial charge in [-0.15, -0.1) is 0 Å². The number of rotatable bonds is 15. The van der Waals surface area contributed by atoms with Crippen LogP contribution in [0.15, 0.2) is 0 Å². The van der Waals surface area contributed by atoms with Crippen LogP contribution in [-0.4, -0.2) is 63.8 Å². The summed E-state index contributed by atoms with van der Waals surface area (Å²) in [5.74, 6) is 3.48. The number of nitrogens with two attached hydrogens (primary N) is 1. The van der Waals surface area contributed by atoms with Crippen molar-refractivity contribution in [3.8, 4) is 0 Å². The van der Waals surface area contributed by atoms with Gasteiger partial charge in [-0.2, -0.15) is 0 Å². The van der Waals surface area contributed by atoms with Gasteiger partial charge in [-0.25, -0.2) is 0 Å². The molecule has 0 aliphatic carbocycles. The van der Waals surface area contributed by atoms with Crippen LogP contribution in [0.3, 0.4) is 0 Å². The van der Waals surface area contributed by atoms with E-state index in [0.29, 0.717) is 13.2 Å². The van der Waals surface area contributed by atoms with E-state index in [4.69, 9.17) is 24.7 Å². The summed E-state index contributed by atoms with van der Waals surface area (Å²) in [4.78, 5) is 22.7. The summed E-state index contributed by atoms with van der Waals surface area (Å²) in [5.41, 5.74) is 5.83. The average molecular weight is 547 g/mol. The van der Waals surface area contributed by atoms with Crippen molar-refractivity contribution >= 4 is 55.5 Å². The minimum atomic E-state index is -0.718. The van der Waals surface area contributed by atoms with Crippen LogP contribution in [0.25, 0.3) is 0 Å². The number of halogens is 1. The van der Waals surface area contributed by atoms with E-state index in [2.05, 4.69) is 13.8 Å². The molecule has 150 valence electrons. The molecule has 0 aliphatic rings. The molecule has 0 saturated heterocycles. The maximum absolute atomic E-state index is 11.3. The van der Waals surface area contributed by atoms with Gasteiger partial charge in [-0.05, 0) is 0 Å². The molecule has 1 unspecified atom stereocenters. The number of hydrogen-bond acceptors (Lipinski definition) is 11. The van der Waals surface area contributed by atoms with Crippen molar-refractivity contribution in [1.82, 2.24) is 0 Å². The van der Waals surface area contributed by atoms with Crippen molar-refractivity contribution in [2.45, 2.75) is 17.9 Å². The van der Waals surface area contributed by atoms with Crippen LogP contribution in [0.2, 0.25) is 0 Å². The summed E-state index contributed by atoms with van der Waals surface area (Å²) in [6.45, 7) is 4.82. The van der Waals surface area contributed by atoms with E-state index in [1.54, 1.807) is 43.2 Å². The molecule has 0 aliphatic heterocycles. The van der Waals surface area contributed by atoms with Gasteiger partial charge >= 0.3 is 176 Å². The zero-order chi connectivity index (χ0) is 18.8. The molecule has 0 spiro atoms. The molecule has 2 N–H and O–H groups in total. The summed E-state index contributed by atoms with van der Waals surface area (Å²) in [6, 6.07) is 0. The molecule has 0 radical (unpaired) electrons.